The van der Waals surface area contributed by atoms with E-state index in [9.17, 15) is 9.90 Å². The molecule has 1 aliphatic heterocycles. The number of hydrogen-bond donors (Lipinski definition) is 1. The third-order valence-corrected chi connectivity index (χ3v) is 4.08. The van der Waals surface area contributed by atoms with Crippen LogP contribution in [0.2, 0.25) is 0 Å². The monoisotopic (exact) mass is 310 g/mol. The van der Waals surface area contributed by atoms with Crippen molar-refractivity contribution in [3.05, 3.63) is 11.6 Å². The van der Waals surface area contributed by atoms with Crippen molar-refractivity contribution < 1.29 is 9.90 Å². The summed E-state index contributed by atoms with van der Waals surface area (Å²) >= 11 is 0. The van der Waals surface area contributed by atoms with E-state index < -0.39 is 6.10 Å². The van der Waals surface area contributed by atoms with E-state index in [1.54, 1.807) is 6.08 Å². The van der Waals surface area contributed by atoms with E-state index in [0.717, 1.165) is 31.5 Å². The van der Waals surface area contributed by atoms with Gasteiger partial charge in [0, 0.05) is 18.7 Å². The van der Waals surface area contributed by atoms with E-state index in [-0.39, 0.29) is 17.4 Å². The first-order valence-corrected chi connectivity index (χ1v) is 8.40. The van der Waals surface area contributed by atoms with Crippen molar-refractivity contribution in [2.24, 2.45) is 5.41 Å². The van der Waals surface area contributed by atoms with Crippen molar-refractivity contribution in [3.8, 4) is 0 Å². The van der Waals surface area contributed by atoms with E-state index in [0.29, 0.717) is 13.0 Å². The van der Waals surface area contributed by atoms with Gasteiger partial charge in [0.25, 0.3) is 0 Å². The Morgan fingerprint density at radius 2 is 1.86 bits per heavy atom. The lowest BCUT2D eigenvalue weighted by molar-refractivity contribution is -0.131. The highest BCUT2D eigenvalue weighted by Gasteiger charge is 2.28. The van der Waals surface area contributed by atoms with Crippen LogP contribution in [0, 0.1) is 5.41 Å². The molecule has 4 nitrogen and oxygen atoms in total. The van der Waals surface area contributed by atoms with Crippen molar-refractivity contribution >= 4 is 5.91 Å². The summed E-state index contributed by atoms with van der Waals surface area (Å²) in [4.78, 5) is 16.8. The average molecular weight is 310 g/mol. The Morgan fingerprint density at radius 1 is 1.32 bits per heavy atom. The van der Waals surface area contributed by atoms with Gasteiger partial charge in [0.15, 0.2) is 0 Å². The first-order valence-electron chi connectivity index (χ1n) is 8.40. The molecule has 1 unspecified atom stereocenters. The quantitative estimate of drug-likeness (QED) is 0.794. The van der Waals surface area contributed by atoms with Crippen LogP contribution in [0.25, 0.3) is 0 Å². The summed E-state index contributed by atoms with van der Waals surface area (Å²) in [5.41, 5.74) is 1.07. The molecule has 0 bridgehead atoms. The summed E-state index contributed by atoms with van der Waals surface area (Å²) < 4.78 is 0. The number of aliphatic hydroxyl groups excluding tert-OH is 1. The van der Waals surface area contributed by atoms with Crippen molar-refractivity contribution in [1.29, 1.82) is 0 Å². The highest BCUT2D eigenvalue weighted by Crippen LogP contribution is 2.23. The summed E-state index contributed by atoms with van der Waals surface area (Å²) in [5, 5.41) is 10.4. The maximum atomic E-state index is 12.6. The zero-order chi connectivity index (χ0) is 16.9. The predicted molar refractivity (Wildman–Crippen MR) is 91.7 cm³/mol. The highest BCUT2D eigenvalue weighted by atomic mass is 16.3. The van der Waals surface area contributed by atoms with Crippen LogP contribution in [-0.4, -0.2) is 59.6 Å². The zero-order valence-electron chi connectivity index (χ0n) is 15.2. The standard InChI is InChI=1S/C18H34N2O2/c1-14(2)11-17(22)20(13-16(21)12-18(3,4)5)15-7-9-19(6)10-8-15/h11,15-16,21H,7-10,12-13H2,1-6H3. The van der Waals surface area contributed by atoms with Crippen molar-refractivity contribution in [3.63, 3.8) is 0 Å². The van der Waals surface area contributed by atoms with Crippen LogP contribution in [-0.2, 0) is 4.79 Å². The minimum atomic E-state index is -0.464. The SMILES string of the molecule is CC(C)=CC(=O)N(CC(O)CC(C)(C)C)C1CCN(C)CC1. The minimum absolute atomic E-state index is 0.0440. The molecule has 1 fully saturated rings. The molecule has 1 amide bonds. The summed E-state index contributed by atoms with van der Waals surface area (Å²) in [7, 11) is 2.12. The number of carbonyl (C=O) groups is 1. The Bertz CT molecular complexity index is 386. The number of nitrogens with zero attached hydrogens (tertiary/aromatic N) is 2. The Kier molecular flexibility index (Phi) is 7.07. The summed E-state index contributed by atoms with van der Waals surface area (Å²) in [6.45, 7) is 12.7. The lowest BCUT2D eigenvalue weighted by atomic mass is 9.89. The number of carbonyl (C=O) groups excluding carboxylic acids is 1. The second-order valence-electron chi connectivity index (χ2n) is 8.17. The van der Waals surface area contributed by atoms with E-state index in [1.165, 1.54) is 0 Å². The first kappa shape index (κ1) is 19.2. The molecule has 1 rings (SSSR count). The number of amides is 1. The molecule has 0 aromatic rings. The maximum absolute atomic E-state index is 12.6. The average Bonchev–Trinajstić information content (AvgIpc) is 2.34. The van der Waals surface area contributed by atoms with Crippen LogP contribution in [0.4, 0.5) is 0 Å². The number of piperidine rings is 1. The van der Waals surface area contributed by atoms with Gasteiger partial charge in [-0.3, -0.25) is 4.79 Å². The first-order chi connectivity index (χ1) is 10.1. The second-order valence-corrected chi connectivity index (χ2v) is 8.17. The third kappa shape index (κ3) is 6.93. The largest absolute Gasteiger partial charge is 0.391 e. The van der Waals surface area contributed by atoms with Crippen molar-refractivity contribution in [2.45, 2.75) is 66.0 Å². The molecule has 1 N–H and O–H groups in total. The third-order valence-electron chi connectivity index (χ3n) is 4.08. The van der Waals surface area contributed by atoms with Crippen molar-refractivity contribution in [2.75, 3.05) is 26.7 Å². The van der Waals surface area contributed by atoms with E-state index in [1.807, 2.05) is 18.7 Å². The van der Waals surface area contributed by atoms with Gasteiger partial charge in [-0.25, -0.2) is 0 Å². The van der Waals surface area contributed by atoms with Crippen LogP contribution >= 0.6 is 0 Å². The molecule has 0 aromatic heterocycles. The van der Waals surface area contributed by atoms with Crippen LogP contribution in [0.1, 0.15) is 53.9 Å². The summed E-state index contributed by atoms with van der Waals surface area (Å²) in [6.07, 6.45) is 3.91. The molecule has 0 radical (unpaired) electrons. The minimum Gasteiger partial charge on any atom is -0.391 e. The molecule has 4 heteroatoms. The second kappa shape index (κ2) is 8.11. The molecule has 0 saturated carbocycles. The van der Waals surface area contributed by atoms with Crippen LogP contribution in [0.15, 0.2) is 11.6 Å². The highest BCUT2D eigenvalue weighted by molar-refractivity contribution is 5.88. The maximum Gasteiger partial charge on any atom is 0.246 e. The lowest BCUT2D eigenvalue weighted by Crippen LogP contribution is -2.49. The predicted octanol–water partition coefficient (Wildman–Crippen LogP) is 2.67. The van der Waals surface area contributed by atoms with Crippen LogP contribution in [0.3, 0.4) is 0 Å². The summed E-state index contributed by atoms with van der Waals surface area (Å²) in [6, 6.07) is 0.244. The molecule has 1 atom stereocenters. The van der Waals surface area contributed by atoms with E-state index >= 15 is 0 Å². The fraction of sp³-hybridized carbons (Fsp3) is 0.833. The van der Waals surface area contributed by atoms with Gasteiger partial charge in [-0.2, -0.15) is 0 Å². The van der Waals surface area contributed by atoms with Gasteiger partial charge in [-0.1, -0.05) is 26.3 Å². The fourth-order valence-corrected chi connectivity index (χ4v) is 3.05. The Balaban J connectivity index is 2.78. The molecular weight excluding hydrogens is 276 g/mol. The Hall–Kier alpha value is -0.870. The number of aliphatic hydroxyl groups is 1. The zero-order valence-corrected chi connectivity index (χ0v) is 15.2. The molecular formula is C18H34N2O2. The van der Waals surface area contributed by atoms with E-state index in [4.69, 9.17) is 0 Å². The Morgan fingerprint density at radius 3 is 2.32 bits per heavy atom. The Labute approximate surface area is 136 Å². The topological polar surface area (TPSA) is 43.8 Å². The molecule has 1 heterocycles. The molecule has 1 saturated heterocycles. The van der Waals surface area contributed by atoms with Gasteiger partial charge >= 0.3 is 0 Å². The molecule has 0 spiro atoms. The van der Waals surface area contributed by atoms with Gasteiger partial charge in [0.1, 0.15) is 0 Å². The lowest BCUT2D eigenvalue weighted by Gasteiger charge is -2.38. The molecule has 22 heavy (non-hydrogen) atoms. The van der Waals surface area contributed by atoms with Crippen LogP contribution < -0.4 is 0 Å². The van der Waals surface area contributed by atoms with E-state index in [2.05, 4.69) is 32.7 Å². The van der Waals surface area contributed by atoms with Crippen LogP contribution in [0.5, 0.6) is 0 Å². The summed E-state index contributed by atoms with van der Waals surface area (Å²) in [5.74, 6) is 0.0440. The van der Waals surface area contributed by atoms with Gasteiger partial charge in [0.2, 0.25) is 5.91 Å². The molecule has 0 aromatic carbocycles. The number of hydrogen-bond acceptors (Lipinski definition) is 3. The molecule has 1 aliphatic rings. The smallest absolute Gasteiger partial charge is 0.246 e. The molecule has 0 aliphatic carbocycles. The van der Waals surface area contributed by atoms with Gasteiger partial charge in [-0.15, -0.1) is 0 Å². The fourth-order valence-electron chi connectivity index (χ4n) is 3.05. The van der Waals surface area contributed by atoms with Gasteiger partial charge in [0.05, 0.1) is 6.10 Å². The normalized spacial score (nSPS) is 18.9. The number of likely N-dealkylation sites (tertiary alicyclic amines) is 1. The van der Waals surface area contributed by atoms with Gasteiger partial charge in [-0.05, 0) is 58.7 Å². The van der Waals surface area contributed by atoms with Crippen molar-refractivity contribution in [1.82, 2.24) is 9.80 Å². The number of allylic oxidation sites excluding steroid dienone is 1. The van der Waals surface area contributed by atoms with Gasteiger partial charge < -0.3 is 14.9 Å². The molecule has 128 valence electrons. The number of rotatable bonds is 5.